The minimum absolute atomic E-state index is 0.178. The molecule has 104 valence electrons. The normalized spacial score (nSPS) is 30.4. The van der Waals surface area contributed by atoms with Crippen molar-refractivity contribution in [2.45, 2.75) is 38.4 Å². The van der Waals surface area contributed by atoms with Crippen molar-refractivity contribution in [1.29, 1.82) is 0 Å². The maximum atomic E-state index is 12.3. The SMILES string of the molecule is CC1CCC(C(=O)N2CCCN(CCBr)CC2)O1. The molecular formula is C13H23BrN2O2. The van der Waals surface area contributed by atoms with E-state index in [-0.39, 0.29) is 18.1 Å². The van der Waals surface area contributed by atoms with Crippen LogP contribution >= 0.6 is 15.9 Å². The van der Waals surface area contributed by atoms with Crippen LogP contribution in [0.15, 0.2) is 0 Å². The van der Waals surface area contributed by atoms with Crippen molar-refractivity contribution in [1.82, 2.24) is 9.80 Å². The predicted octanol–water partition coefficient (Wildman–Crippen LogP) is 1.48. The molecule has 0 radical (unpaired) electrons. The monoisotopic (exact) mass is 318 g/mol. The van der Waals surface area contributed by atoms with Gasteiger partial charge in [-0.05, 0) is 32.7 Å². The molecule has 2 heterocycles. The van der Waals surface area contributed by atoms with E-state index in [1.54, 1.807) is 0 Å². The quantitative estimate of drug-likeness (QED) is 0.739. The van der Waals surface area contributed by atoms with Gasteiger partial charge in [0.15, 0.2) is 0 Å². The number of hydrogen-bond donors (Lipinski definition) is 0. The van der Waals surface area contributed by atoms with Gasteiger partial charge in [-0.3, -0.25) is 4.79 Å². The summed E-state index contributed by atoms with van der Waals surface area (Å²) in [6.45, 7) is 6.93. The van der Waals surface area contributed by atoms with Gasteiger partial charge in [-0.1, -0.05) is 15.9 Å². The Hall–Kier alpha value is -0.130. The molecule has 0 aromatic carbocycles. The zero-order chi connectivity index (χ0) is 13.0. The van der Waals surface area contributed by atoms with Gasteiger partial charge in [0.25, 0.3) is 5.91 Å². The maximum absolute atomic E-state index is 12.3. The summed E-state index contributed by atoms with van der Waals surface area (Å²) in [6, 6.07) is 0. The Balaban J connectivity index is 1.83. The van der Waals surface area contributed by atoms with Crippen LogP contribution in [0.25, 0.3) is 0 Å². The van der Waals surface area contributed by atoms with Gasteiger partial charge in [0.1, 0.15) is 6.10 Å². The number of ether oxygens (including phenoxy) is 1. The molecule has 2 unspecified atom stereocenters. The minimum Gasteiger partial charge on any atom is -0.365 e. The number of amides is 1. The number of rotatable bonds is 3. The molecule has 2 aliphatic heterocycles. The molecule has 2 aliphatic rings. The summed E-state index contributed by atoms with van der Waals surface area (Å²) in [5.74, 6) is 0.208. The Bertz CT molecular complexity index is 288. The third-order valence-corrected chi connectivity index (χ3v) is 4.16. The second-order valence-corrected chi connectivity index (χ2v) is 6.02. The van der Waals surface area contributed by atoms with Crippen molar-refractivity contribution in [2.24, 2.45) is 0 Å². The van der Waals surface area contributed by atoms with Gasteiger partial charge in [0.05, 0.1) is 6.10 Å². The second kappa shape index (κ2) is 6.87. The topological polar surface area (TPSA) is 32.8 Å². The number of hydrogen-bond acceptors (Lipinski definition) is 3. The van der Waals surface area contributed by atoms with E-state index in [2.05, 4.69) is 20.8 Å². The lowest BCUT2D eigenvalue weighted by Crippen LogP contribution is -2.41. The Morgan fingerprint density at radius 2 is 2.11 bits per heavy atom. The largest absolute Gasteiger partial charge is 0.365 e. The number of halogens is 1. The highest BCUT2D eigenvalue weighted by molar-refractivity contribution is 9.09. The van der Waals surface area contributed by atoms with Crippen LogP contribution in [0.2, 0.25) is 0 Å². The van der Waals surface area contributed by atoms with Gasteiger partial charge >= 0.3 is 0 Å². The molecular weight excluding hydrogens is 296 g/mol. The van der Waals surface area contributed by atoms with E-state index in [1.165, 1.54) is 0 Å². The summed E-state index contributed by atoms with van der Waals surface area (Å²) in [7, 11) is 0. The van der Waals surface area contributed by atoms with Gasteiger partial charge < -0.3 is 14.5 Å². The molecule has 4 nitrogen and oxygen atoms in total. The van der Waals surface area contributed by atoms with Crippen molar-refractivity contribution in [2.75, 3.05) is 38.1 Å². The second-order valence-electron chi connectivity index (χ2n) is 5.22. The van der Waals surface area contributed by atoms with Crippen LogP contribution < -0.4 is 0 Å². The van der Waals surface area contributed by atoms with Crippen molar-refractivity contribution in [3.63, 3.8) is 0 Å². The smallest absolute Gasteiger partial charge is 0.251 e. The van der Waals surface area contributed by atoms with E-state index in [9.17, 15) is 4.79 Å². The molecule has 18 heavy (non-hydrogen) atoms. The first-order chi connectivity index (χ1) is 8.70. The Kier molecular flexibility index (Phi) is 5.45. The molecule has 2 atom stereocenters. The van der Waals surface area contributed by atoms with E-state index in [1.807, 2.05) is 11.8 Å². The first-order valence-electron chi connectivity index (χ1n) is 6.93. The molecule has 5 heteroatoms. The lowest BCUT2D eigenvalue weighted by Gasteiger charge is -2.24. The lowest BCUT2D eigenvalue weighted by atomic mass is 10.2. The third kappa shape index (κ3) is 3.68. The number of nitrogens with zero attached hydrogens (tertiary/aromatic N) is 2. The van der Waals surface area contributed by atoms with Crippen molar-refractivity contribution < 1.29 is 9.53 Å². The lowest BCUT2D eigenvalue weighted by molar-refractivity contribution is -0.142. The van der Waals surface area contributed by atoms with Gasteiger partial charge in [-0.2, -0.15) is 0 Å². The van der Waals surface area contributed by atoms with E-state index in [4.69, 9.17) is 4.74 Å². The van der Waals surface area contributed by atoms with Gasteiger partial charge in [-0.25, -0.2) is 0 Å². The first kappa shape index (κ1) is 14.3. The van der Waals surface area contributed by atoms with E-state index < -0.39 is 0 Å². The van der Waals surface area contributed by atoms with Crippen LogP contribution in [0.3, 0.4) is 0 Å². The number of carbonyl (C=O) groups excluding carboxylic acids is 1. The maximum Gasteiger partial charge on any atom is 0.251 e. The minimum atomic E-state index is -0.178. The van der Waals surface area contributed by atoms with E-state index in [0.29, 0.717) is 0 Å². The predicted molar refractivity (Wildman–Crippen MR) is 75.0 cm³/mol. The summed E-state index contributed by atoms with van der Waals surface area (Å²) in [4.78, 5) is 16.8. The summed E-state index contributed by atoms with van der Waals surface area (Å²) in [5, 5.41) is 1.00. The van der Waals surface area contributed by atoms with Crippen LogP contribution in [0.4, 0.5) is 0 Å². The van der Waals surface area contributed by atoms with Gasteiger partial charge in [0.2, 0.25) is 0 Å². The molecule has 0 saturated carbocycles. The average molecular weight is 319 g/mol. The van der Waals surface area contributed by atoms with Gasteiger partial charge in [-0.15, -0.1) is 0 Å². The first-order valence-corrected chi connectivity index (χ1v) is 8.05. The number of carbonyl (C=O) groups is 1. The van der Waals surface area contributed by atoms with Crippen molar-refractivity contribution >= 4 is 21.8 Å². The molecule has 2 fully saturated rings. The fourth-order valence-corrected chi connectivity index (χ4v) is 3.22. The molecule has 0 aromatic heterocycles. The zero-order valence-electron chi connectivity index (χ0n) is 11.1. The van der Waals surface area contributed by atoms with E-state index >= 15 is 0 Å². The number of alkyl halides is 1. The highest BCUT2D eigenvalue weighted by Gasteiger charge is 2.32. The standard InChI is InChI=1S/C13H23BrN2O2/c1-11-3-4-12(18-11)13(17)16-7-2-6-15(8-5-14)9-10-16/h11-12H,2-10H2,1H3. The Labute approximate surface area is 118 Å². The summed E-state index contributed by atoms with van der Waals surface area (Å²) in [6.07, 6.45) is 3.04. The summed E-state index contributed by atoms with van der Waals surface area (Å²) < 4.78 is 5.68. The fraction of sp³-hybridized carbons (Fsp3) is 0.923. The van der Waals surface area contributed by atoms with Gasteiger partial charge in [0, 0.05) is 31.5 Å². The van der Waals surface area contributed by atoms with Crippen LogP contribution in [0.1, 0.15) is 26.2 Å². The molecule has 2 rings (SSSR count). The van der Waals surface area contributed by atoms with Crippen LogP contribution in [-0.2, 0) is 9.53 Å². The molecule has 0 aliphatic carbocycles. The summed E-state index contributed by atoms with van der Waals surface area (Å²) in [5.41, 5.74) is 0. The fourth-order valence-electron chi connectivity index (χ4n) is 2.72. The highest BCUT2D eigenvalue weighted by atomic mass is 79.9. The molecule has 0 spiro atoms. The van der Waals surface area contributed by atoms with Crippen LogP contribution in [0.5, 0.6) is 0 Å². The molecule has 0 bridgehead atoms. The third-order valence-electron chi connectivity index (χ3n) is 3.81. The van der Waals surface area contributed by atoms with E-state index in [0.717, 1.165) is 57.3 Å². The van der Waals surface area contributed by atoms with Crippen LogP contribution in [-0.4, -0.2) is 66.0 Å². The zero-order valence-corrected chi connectivity index (χ0v) is 12.7. The Morgan fingerprint density at radius 3 is 2.78 bits per heavy atom. The Morgan fingerprint density at radius 1 is 1.28 bits per heavy atom. The summed E-state index contributed by atoms with van der Waals surface area (Å²) >= 11 is 3.47. The molecule has 2 saturated heterocycles. The van der Waals surface area contributed by atoms with Crippen LogP contribution in [0, 0.1) is 0 Å². The average Bonchev–Trinajstić information content (AvgIpc) is 2.65. The van der Waals surface area contributed by atoms with Crippen molar-refractivity contribution in [3.05, 3.63) is 0 Å². The molecule has 0 N–H and O–H groups in total. The molecule has 1 amide bonds. The highest BCUT2D eigenvalue weighted by Crippen LogP contribution is 2.21. The van der Waals surface area contributed by atoms with Crippen molar-refractivity contribution in [3.8, 4) is 0 Å². The molecule has 0 aromatic rings.